The van der Waals surface area contributed by atoms with E-state index in [1.807, 2.05) is 30.0 Å². The Morgan fingerprint density at radius 2 is 2.04 bits per heavy atom. The van der Waals surface area contributed by atoms with Gasteiger partial charge in [0.1, 0.15) is 0 Å². The van der Waals surface area contributed by atoms with Crippen molar-refractivity contribution in [2.45, 2.75) is 39.0 Å². The minimum atomic E-state index is -0.896. The standard InChI is InChI=1S/C19H25NO3/c1-2-3-4-5-6-18(21)20-12-11-16(14-20)13-15-7-9-17(10-8-15)19(22)23/h2-3,7-10,16H,4-6,11-14H2,1H3,(H,22,23)/b3-2+. The lowest BCUT2D eigenvalue weighted by atomic mass is 9.98. The Labute approximate surface area is 137 Å². The van der Waals surface area contributed by atoms with Gasteiger partial charge in [-0.2, -0.15) is 0 Å². The molecule has 1 saturated heterocycles. The van der Waals surface area contributed by atoms with Crippen molar-refractivity contribution in [1.82, 2.24) is 4.90 Å². The molecule has 1 amide bonds. The second kappa shape index (κ2) is 8.51. The van der Waals surface area contributed by atoms with E-state index in [-0.39, 0.29) is 5.91 Å². The number of carbonyl (C=O) groups is 2. The molecule has 0 aliphatic carbocycles. The Kier molecular flexibility index (Phi) is 6.39. The molecule has 1 aromatic carbocycles. The number of carboxylic acids is 1. The van der Waals surface area contributed by atoms with Crippen LogP contribution in [0.15, 0.2) is 36.4 Å². The molecule has 1 atom stereocenters. The summed E-state index contributed by atoms with van der Waals surface area (Å²) in [5.41, 5.74) is 1.46. The van der Waals surface area contributed by atoms with Crippen molar-refractivity contribution < 1.29 is 14.7 Å². The molecule has 0 aromatic heterocycles. The Hall–Kier alpha value is -2.10. The van der Waals surface area contributed by atoms with E-state index in [9.17, 15) is 9.59 Å². The maximum absolute atomic E-state index is 12.2. The van der Waals surface area contributed by atoms with Crippen LogP contribution in [0.2, 0.25) is 0 Å². The van der Waals surface area contributed by atoms with Gasteiger partial charge in [0.25, 0.3) is 0 Å². The van der Waals surface area contributed by atoms with Crippen molar-refractivity contribution in [1.29, 1.82) is 0 Å². The Balaban J connectivity index is 1.78. The van der Waals surface area contributed by atoms with Crippen LogP contribution in [-0.4, -0.2) is 35.0 Å². The summed E-state index contributed by atoms with van der Waals surface area (Å²) in [5.74, 6) is -0.157. The number of hydrogen-bond donors (Lipinski definition) is 1. The highest BCUT2D eigenvalue weighted by Crippen LogP contribution is 2.22. The fourth-order valence-electron chi connectivity index (χ4n) is 3.04. The molecule has 4 nitrogen and oxygen atoms in total. The molecule has 1 aliphatic heterocycles. The number of unbranched alkanes of at least 4 members (excludes halogenated alkanes) is 1. The van der Waals surface area contributed by atoms with Gasteiger partial charge in [-0.1, -0.05) is 24.3 Å². The molecule has 0 spiro atoms. The minimum absolute atomic E-state index is 0.262. The highest BCUT2D eigenvalue weighted by molar-refractivity contribution is 5.87. The molecule has 2 rings (SSSR count). The third kappa shape index (κ3) is 5.23. The molecule has 0 bridgehead atoms. The largest absolute Gasteiger partial charge is 0.478 e. The molecule has 124 valence electrons. The van der Waals surface area contributed by atoms with Gasteiger partial charge >= 0.3 is 5.97 Å². The van der Waals surface area contributed by atoms with E-state index in [1.54, 1.807) is 12.1 Å². The predicted octanol–water partition coefficient (Wildman–Crippen LogP) is 3.52. The van der Waals surface area contributed by atoms with Crippen LogP contribution in [0.5, 0.6) is 0 Å². The van der Waals surface area contributed by atoms with Crippen LogP contribution in [-0.2, 0) is 11.2 Å². The highest BCUT2D eigenvalue weighted by Gasteiger charge is 2.25. The number of aromatic carboxylic acids is 1. The predicted molar refractivity (Wildman–Crippen MR) is 90.5 cm³/mol. The maximum atomic E-state index is 12.2. The molecule has 1 aromatic rings. The summed E-state index contributed by atoms with van der Waals surface area (Å²) in [6.07, 6.45) is 8.57. The summed E-state index contributed by atoms with van der Waals surface area (Å²) in [6, 6.07) is 7.06. The lowest BCUT2D eigenvalue weighted by molar-refractivity contribution is -0.130. The average Bonchev–Trinajstić information content (AvgIpc) is 3.00. The van der Waals surface area contributed by atoms with E-state index >= 15 is 0 Å². The summed E-state index contributed by atoms with van der Waals surface area (Å²) in [6.45, 7) is 3.67. The molecule has 1 heterocycles. The number of amides is 1. The van der Waals surface area contributed by atoms with Crippen LogP contribution in [0.4, 0.5) is 0 Å². The zero-order valence-electron chi connectivity index (χ0n) is 13.7. The zero-order chi connectivity index (χ0) is 16.7. The first-order chi connectivity index (χ1) is 11.1. The van der Waals surface area contributed by atoms with Crippen molar-refractivity contribution in [3.05, 3.63) is 47.5 Å². The monoisotopic (exact) mass is 315 g/mol. The number of hydrogen-bond acceptors (Lipinski definition) is 2. The number of likely N-dealkylation sites (tertiary alicyclic amines) is 1. The molecule has 4 heteroatoms. The van der Waals surface area contributed by atoms with Gasteiger partial charge in [0, 0.05) is 19.5 Å². The summed E-state index contributed by atoms with van der Waals surface area (Å²) in [4.78, 5) is 25.0. The van der Waals surface area contributed by atoms with Crippen LogP contribution in [0.3, 0.4) is 0 Å². The van der Waals surface area contributed by atoms with Crippen LogP contribution in [0.1, 0.15) is 48.5 Å². The molecule has 1 aliphatic rings. The third-order valence-electron chi connectivity index (χ3n) is 4.36. The van der Waals surface area contributed by atoms with Gasteiger partial charge in [-0.05, 0) is 56.2 Å². The first-order valence-electron chi connectivity index (χ1n) is 8.31. The summed E-state index contributed by atoms with van der Waals surface area (Å²) in [7, 11) is 0. The SMILES string of the molecule is C/C=C/CCCC(=O)N1CCC(Cc2ccc(C(=O)O)cc2)C1. The third-order valence-corrected chi connectivity index (χ3v) is 4.36. The van der Waals surface area contributed by atoms with E-state index in [0.717, 1.165) is 44.3 Å². The number of carbonyl (C=O) groups excluding carboxylic acids is 1. The number of carboxylic acid groups (broad SMARTS) is 1. The minimum Gasteiger partial charge on any atom is -0.478 e. The molecule has 1 unspecified atom stereocenters. The fraction of sp³-hybridized carbons (Fsp3) is 0.474. The van der Waals surface area contributed by atoms with E-state index in [1.165, 1.54) is 0 Å². The van der Waals surface area contributed by atoms with Crippen molar-refractivity contribution in [3.63, 3.8) is 0 Å². The second-order valence-electron chi connectivity index (χ2n) is 6.16. The molecular weight excluding hydrogens is 290 g/mol. The average molecular weight is 315 g/mol. The van der Waals surface area contributed by atoms with Gasteiger partial charge in [0.2, 0.25) is 5.91 Å². The fourth-order valence-corrected chi connectivity index (χ4v) is 3.04. The maximum Gasteiger partial charge on any atom is 0.335 e. The van der Waals surface area contributed by atoms with Crippen LogP contribution >= 0.6 is 0 Å². The molecular formula is C19H25NO3. The van der Waals surface area contributed by atoms with Crippen LogP contribution in [0, 0.1) is 5.92 Å². The van der Waals surface area contributed by atoms with Crippen molar-refractivity contribution in [2.24, 2.45) is 5.92 Å². The van der Waals surface area contributed by atoms with Gasteiger partial charge in [0.05, 0.1) is 5.56 Å². The van der Waals surface area contributed by atoms with Crippen LogP contribution in [0.25, 0.3) is 0 Å². The molecule has 1 N–H and O–H groups in total. The van der Waals surface area contributed by atoms with Gasteiger partial charge in [-0.3, -0.25) is 4.79 Å². The number of rotatable bonds is 7. The van der Waals surface area contributed by atoms with Crippen molar-refractivity contribution >= 4 is 11.9 Å². The molecule has 0 saturated carbocycles. The topological polar surface area (TPSA) is 57.6 Å². The second-order valence-corrected chi connectivity index (χ2v) is 6.16. The Morgan fingerprint density at radius 3 is 2.70 bits per heavy atom. The van der Waals surface area contributed by atoms with E-state index < -0.39 is 5.97 Å². The Morgan fingerprint density at radius 1 is 1.30 bits per heavy atom. The quantitative estimate of drug-likeness (QED) is 0.618. The molecule has 1 fully saturated rings. The van der Waals surface area contributed by atoms with Gasteiger partial charge in [0.15, 0.2) is 0 Å². The normalized spacial score (nSPS) is 17.8. The number of allylic oxidation sites excluding steroid dienone is 2. The molecule has 0 radical (unpaired) electrons. The summed E-state index contributed by atoms with van der Waals surface area (Å²) >= 11 is 0. The lowest BCUT2D eigenvalue weighted by Crippen LogP contribution is -2.28. The van der Waals surface area contributed by atoms with Crippen LogP contribution < -0.4 is 0 Å². The van der Waals surface area contributed by atoms with Gasteiger partial charge in [-0.25, -0.2) is 4.79 Å². The molecule has 23 heavy (non-hydrogen) atoms. The summed E-state index contributed by atoms with van der Waals surface area (Å²) in [5, 5.41) is 8.91. The first-order valence-corrected chi connectivity index (χ1v) is 8.31. The first kappa shape index (κ1) is 17.3. The van der Waals surface area contributed by atoms with E-state index in [4.69, 9.17) is 5.11 Å². The number of nitrogens with zero attached hydrogens (tertiary/aromatic N) is 1. The van der Waals surface area contributed by atoms with E-state index in [0.29, 0.717) is 17.9 Å². The summed E-state index contributed by atoms with van der Waals surface area (Å²) < 4.78 is 0. The van der Waals surface area contributed by atoms with Crippen molar-refractivity contribution in [2.75, 3.05) is 13.1 Å². The smallest absolute Gasteiger partial charge is 0.335 e. The van der Waals surface area contributed by atoms with Crippen molar-refractivity contribution in [3.8, 4) is 0 Å². The van der Waals surface area contributed by atoms with Gasteiger partial charge < -0.3 is 10.0 Å². The number of benzene rings is 1. The lowest BCUT2D eigenvalue weighted by Gasteiger charge is -2.16. The Bertz CT molecular complexity index is 562. The van der Waals surface area contributed by atoms with Gasteiger partial charge in [-0.15, -0.1) is 0 Å². The zero-order valence-corrected chi connectivity index (χ0v) is 13.7. The highest BCUT2D eigenvalue weighted by atomic mass is 16.4. The van der Waals surface area contributed by atoms with E-state index in [2.05, 4.69) is 6.08 Å².